The molecule has 0 bridgehead atoms. The van der Waals surface area contributed by atoms with Crippen LogP contribution in [0.5, 0.6) is 0 Å². The largest absolute Gasteiger partial charge is 0.295 e. The van der Waals surface area contributed by atoms with Gasteiger partial charge in [0.15, 0.2) is 11.0 Å². The summed E-state index contributed by atoms with van der Waals surface area (Å²) in [5.74, 6) is 1.68. The molecule has 5 nitrogen and oxygen atoms in total. The van der Waals surface area contributed by atoms with Gasteiger partial charge in [0.25, 0.3) is 0 Å². The number of pyridine rings is 1. The number of thioether (sulfide) groups is 1. The van der Waals surface area contributed by atoms with Gasteiger partial charge >= 0.3 is 0 Å². The van der Waals surface area contributed by atoms with Gasteiger partial charge in [-0.05, 0) is 48.5 Å². The Morgan fingerprint density at radius 3 is 2.47 bits per heavy atom. The molecule has 0 radical (unpaired) electrons. The van der Waals surface area contributed by atoms with Crippen LogP contribution < -0.4 is 0 Å². The Bertz CT molecular complexity index is 1090. The summed E-state index contributed by atoms with van der Waals surface area (Å²) >= 11 is 7.93. The van der Waals surface area contributed by atoms with Gasteiger partial charge in [-0.25, -0.2) is 0 Å². The summed E-state index contributed by atoms with van der Waals surface area (Å²) in [4.78, 5) is 6.32. The molecule has 7 heteroatoms. The minimum absolute atomic E-state index is 0.671. The van der Waals surface area contributed by atoms with E-state index in [0.29, 0.717) is 11.6 Å². The van der Waals surface area contributed by atoms with Crippen molar-refractivity contribution >= 4 is 23.4 Å². The molecule has 0 N–H and O–H groups in total. The Balaban J connectivity index is 1.58. The molecule has 2 heterocycles. The molecule has 0 saturated carbocycles. The molecule has 0 aliphatic rings. The van der Waals surface area contributed by atoms with Gasteiger partial charge in [0, 0.05) is 29.7 Å². The normalized spacial score (nSPS) is 11.2. The lowest BCUT2D eigenvalue weighted by Gasteiger charge is -2.17. The van der Waals surface area contributed by atoms with E-state index in [4.69, 9.17) is 11.6 Å². The molecular formula is C23H22ClN5S. The summed E-state index contributed by atoms with van der Waals surface area (Å²) in [6.07, 6.45) is 3.61. The zero-order valence-corrected chi connectivity index (χ0v) is 18.2. The van der Waals surface area contributed by atoms with E-state index in [1.54, 1.807) is 11.8 Å². The fraction of sp³-hybridized carbons (Fsp3) is 0.174. The highest BCUT2D eigenvalue weighted by molar-refractivity contribution is 7.98. The van der Waals surface area contributed by atoms with Crippen molar-refractivity contribution in [2.75, 3.05) is 7.05 Å². The van der Waals surface area contributed by atoms with Crippen LogP contribution in [0.3, 0.4) is 0 Å². The maximum atomic E-state index is 6.27. The second kappa shape index (κ2) is 9.89. The Kier molecular flexibility index (Phi) is 6.79. The lowest BCUT2D eigenvalue weighted by Crippen LogP contribution is -2.20. The second-order valence-electron chi connectivity index (χ2n) is 7.02. The minimum atomic E-state index is 0.671. The van der Waals surface area contributed by atoms with E-state index in [1.165, 1.54) is 11.1 Å². The number of benzene rings is 2. The van der Waals surface area contributed by atoms with Gasteiger partial charge in [-0.1, -0.05) is 59.8 Å². The first-order valence-electron chi connectivity index (χ1n) is 9.63. The monoisotopic (exact) mass is 435 g/mol. The van der Waals surface area contributed by atoms with Crippen LogP contribution in [-0.2, 0) is 18.8 Å². The third-order valence-electron chi connectivity index (χ3n) is 4.59. The maximum absolute atomic E-state index is 6.27. The summed E-state index contributed by atoms with van der Waals surface area (Å²) < 4.78 is 2.10. The average Bonchev–Trinajstić information content (AvgIpc) is 3.16. The first-order chi connectivity index (χ1) is 14.7. The molecular weight excluding hydrogens is 414 g/mol. The lowest BCUT2D eigenvalue weighted by atomic mass is 10.2. The highest BCUT2D eigenvalue weighted by Gasteiger charge is 2.16. The number of halogens is 1. The van der Waals surface area contributed by atoms with E-state index >= 15 is 0 Å². The predicted octanol–water partition coefficient (Wildman–Crippen LogP) is 5.24. The summed E-state index contributed by atoms with van der Waals surface area (Å²) in [6.45, 7) is 1.51. The molecule has 0 spiro atoms. The topological polar surface area (TPSA) is 46.8 Å². The second-order valence-corrected chi connectivity index (χ2v) is 8.40. The Morgan fingerprint density at radius 1 is 0.900 bits per heavy atom. The zero-order valence-electron chi connectivity index (χ0n) is 16.6. The molecule has 0 unspecified atom stereocenters. The molecule has 0 fully saturated rings. The van der Waals surface area contributed by atoms with Gasteiger partial charge in [0.05, 0.1) is 12.2 Å². The highest BCUT2D eigenvalue weighted by atomic mass is 35.5. The molecule has 4 rings (SSSR count). The molecule has 4 aromatic rings. The molecule has 0 saturated heterocycles. The Labute approximate surface area is 185 Å². The first kappa shape index (κ1) is 20.6. The van der Waals surface area contributed by atoms with Gasteiger partial charge in [-0.15, -0.1) is 10.2 Å². The summed E-state index contributed by atoms with van der Waals surface area (Å²) in [5.41, 5.74) is 3.42. The van der Waals surface area contributed by atoms with E-state index in [1.807, 2.05) is 54.9 Å². The number of rotatable bonds is 8. The third-order valence-corrected chi connectivity index (χ3v) is 5.83. The summed E-state index contributed by atoms with van der Waals surface area (Å²) in [5, 5.41) is 10.5. The van der Waals surface area contributed by atoms with Gasteiger partial charge < -0.3 is 0 Å². The van der Waals surface area contributed by atoms with Crippen molar-refractivity contribution in [3.05, 3.63) is 101 Å². The fourth-order valence-corrected chi connectivity index (χ4v) is 4.30. The summed E-state index contributed by atoms with van der Waals surface area (Å²) in [6, 6.07) is 22.3. The maximum Gasteiger partial charge on any atom is 0.196 e. The van der Waals surface area contributed by atoms with E-state index in [-0.39, 0.29) is 0 Å². The van der Waals surface area contributed by atoms with Crippen molar-refractivity contribution in [3.63, 3.8) is 0 Å². The molecule has 0 amide bonds. The fourth-order valence-electron chi connectivity index (χ4n) is 3.19. The lowest BCUT2D eigenvalue weighted by molar-refractivity contribution is 0.308. The van der Waals surface area contributed by atoms with Crippen LogP contribution in [0.15, 0.2) is 84.3 Å². The quantitative estimate of drug-likeness (QED) is 0.354. The van der Waals surface area contributed by atoms with Crippen molar-refractivity contribution in [2.24, 2.45) is 0 Å². The van der Waals surface area contributed by atoms with Crippen LogP contribution >= 0.6 is 23.4 Å². The van der Waals surface area contributed by atoms with Gasteiger partial charge in [0.1, 0.15) is 0 Å². The third kappa shape index (κ3) is 5.27. The minimum Gasteiger partial charge on any atom is -0.295 e. The van der Waals surface area contributed by atoms with E-state index in [2.05, 4.69) is 56.0 Å². The van der Waals surface area contributed by atoms with Crippen LogP contribution in [0.2, 0.25) is 5.02 Å². The number of aromatic nitrogens is 4. The van der Waals surface area contributed by atoms with Crippen LogP contribution in [0.4, 0.5) is 0 Å². The smallest absolute Gasteiger partial charge is 0.196 e. The van der Waals surface area contributed by atoms with Gasteiger partial charge in [-0.3, -0.25) is 14.5 Å². The predicted molar refractivity (Wildman–Crippen MR) is 122 cm³/mol. The van der Waals surface area contributed by atoms with Crippen LogP contribution in [0, 0.1) is 0 Å². The molecule has 152 valence electrons. The number of nitrogens with zero attached hydrogens (tertiary/aromatic N) is 5. The van der Waals surface area contributed by atoms with Crippen LogP contribution in [0.25, 0.3) is 5.69 Å². The zero-order chi connectivity index (χ0) is 20.8. The highest BCUT2D eigenvalue weighted by Crippen LogP contribution is 2.27. The molecule has 0 aliphatic heterocycles. The van der Waals surface area contributed by atoms with Crippen molar-refractivity contribution < 1.29 is 0 Å². The van der Waals surface area contributed by atoms with E-state index in [0.717, 1.165) is 29.0 Å². The number of hydrogen-bond acceptors (Lipinski definition) is 5. The van der Waals surface area contributed by atoms with Crippen LogP contribution in [-0.4, -0.2) is 31.7 Å². The first-order valence-corrected chi connectivity index (χ1v) is 11.0. The molecule has 0 atom stereocenters. The molecule has 0 aliphatic carbocycles. The Hall–Kier alpha value is -2.67. The SMILES string of the molecule is CN(Cc1ccccc1)Cc1nnc(SCc2ccncc2)n1-c1cccc(Cl)c1. The Morgan fingerprint density at radius 2 is 1.70 bits per heavy atom. The van der Waals surface area contributed by atoms with Crippen molar-refractivity contribution in [2.45, 2.75) is 24.0 Å². The standard InChI is InChI=1S/C23H22ClN5S/c1-28(15-18-6-3-2-4-7-18)16-22-26-27-23(30-17-19-10-12-25-13-11-19)29(22)21-9-5-8-20(24)14-21/h2-14H,15-17H2,1H3. The van der Waals surface area contributed by atoms with Crippen molar-refractivity contribution in [1.29, 1.82) is 0 Å². The summed E-state index contributed by atoms with van der Waals surface area (Å²) in [7, 11) is 2.09. The van der Waals surface area contributed by atoms with E-state index < -0.39 is 0 Å². The number of hydrogen-bond donors (Lipinski definition) is 0. The van der Waals surface area contributed by atoms with Crippen molar-refractivity contribution in [3.8, 4) is 5.69 Å². The van der Waals surface area contributed by atoms with E-state index in [9.17, 15) is 0 Å². The molecule has 2 aromatic carbocycles. The molecule has 2 aromatic heterocycles. The van der Waals surface area contributed by atoms with Crippen LogP contribution in [0.1, 0.15) is 17.0 Å². The van der Waals surface area contributed by atoms with Crippen molar-refractivity contribution in [1.82, 2.24) is 24.6 Å². The van der Waals surface area contributed by atoms with Gasteiger partial charge in [0.2, 0.25) is 0 Å². The van der Waals surface area contributed by atoms with Gasteiger partial charge in [-0.2, -0.15) is 0 Å². The average molecular weight is 436 g/mol. The molecule has 30 heavy (non-hydrogen) atoms.